The smallest absolute Gasteiger partial charge is 0.313 e. The van der Waals surface area contributed by atoms with Crippen molar-refractivity contribution >= 4 is 44.2 Å². The van der Waals surface area contributed by atoms with E-state index in [1.165, 1.54) is 12.1 Å². The number of carbonyl (C=O) groups is 1. The fourth-order valence-corrected chi connectivity index (χ4v) is 4.05. The third kappa shape index (κ3) is 4.12. The summed E-state index contributed by atoms with van der Waals surface area (Å²) in [4.78, 5) is 9.91. The number of benzene rings is 1. The maximum atomic E-state index is 13.5. The van der Waals surface area contributed by atoms with E-state index in [-0.39, 0.29) is 10.9 Å². The number of hydrogen-bond donors (Lipinski definition) is 2. The minimum atomic E-state index is -4.10. The third-order valence-electron chi connectivity index (χ3n) is 2.07. The summed E-state index contributed by atoms with van der Waals surface area (Å²) >= 11 is 1.78. The lowest BCUT2D eigenvalue weighted by molar-refractivity contribution is -0.133. The predicted octanol–water partition coefficient (Wildman–Crippen LogP) is 1.65. The van der Waals surface area contributed by atoms with Gasteiger partial charge in [0.2, 0.25) is 5.13 Å². The van der Waals surface area contributed by atoms with E-state index in [1.54, 1.807) is 0 Å². The molecule has 112 valence electrons. The summed E-state index contributed by atoms with van der Waals surface area (Å²) in [6, 6.07) is 4.92. The van der Waals surface area contributed by atoms with E-state index in [1.807, 2.05) is 0 Å². The molecule has 0 aliphatic heterocycles. The molecule has 0 bridgehead atoms. The number of nitrogens with zero attached hydrogens (tertiary/aromatic N) is 2. The number of nitrogens with one attached hydrogen (secondary N) is 1. The van der Waals surface area contributed by atoms with Crippen LogP contribution < -0.4 is 4.72 Å². The lowest BCUT2D eigenvalue weighted by Gasteiger charge is -2.04. The van der Waals surface area contributed by atoms with Gasteiger partial charge < -0.3 is 5.11 Å². The first-order valence-corrected chi connectivity index (χ1v) is 8.62. The Morgan fingerprint density at radius 2 is 2.10 bits per heavy atom. The lowest BCUT2D eigenvalue weighted by atomic mass is 10.4. The highest BCUT2D eigenvalue weighted by molar-refractivity contribution is 8.01. The molecule has 0 aliphatic rings. The van der Waals surface area contributed by atoms with Crippen LogP contribution in [-0.2, 0) is 14.8 Å². The largest absolute Gasteiger partial charge is 0.481 e. The van der Waals surface area contributed by atoms with E-state index in [0.717, 1.165) is 35.2 Å². The Balaban J connectivity index is 2.14. The molecule has 7 nitrogen and oxygen atoms in total. The van der Waals surface area contributed by atoms with Gasteiger partial charge in [0.1, 0.15) is 10.7 Å². The molecule has 0 atom stereocenters. The molecule has 0 fully saturated rings. The first-order chi connectivity index (χ1) is 9.88. The van der Waals surface area contributed by atoms with Gasteiger partial charge in [-0.1, -0.05) is 35.2 Å². The quantitative estimate of drug-likeness (QED) is 0.763. The van der Waals surface area contributed by atoms with Gasteiger partial charge in [-0.05, 0) is 12.1 Å². The number of aliphatic carboxylic acids is 1. The second-order valence-corrected chi connectivity index (χ2v) is 7.44. The van der Waals surface area contributed by atoms with Gasteiger partial charge in [0.05, 0.1) is 5.75 Å². The molecule has 2 rings (SSSR count). The van der Waals surface area contributed by atoms with Crippen LogP contribution in [0.25, 0.3) is 0 Å². The number of thioether (sulfide) groups is 1. The minimum Gasteiger partial charge on any atom is -0.481 e. The van der Waals surface area contributed by atoms with E-state index in [0.29, 0.717) is 4.34 Å². The fourth-order valence-electron chi connectivity index (χ4n) is 1.27. The van der Waals surface area contributed by atoms with Crippen LogP contribution in [0.2, 0.25) is 0 Å². The van der Waals surface area contributed by atoms with Gasteiger partial charge in [-0.15, -0.1) is 10.2 Å². The summed E-state index contributed by atoms with van der Waals surface area (Å²) in [7, 11) is -4.10. The number of hydrogen-bond acceptors (Lipinski definition) is 7. The van der Waals surface area contributed by atoms with E-state index < -0.39 is 26.7 Å². The Labute approximate surface area is 127 Å². The molecular weight excluding hydrogens is 341 g/mol. The highest BCUT2D eigenvalue weighted by atomic mass is 32.2. The van der Waals surface area contributed by atoms with Gasteiger partial charge in [0, 0.05) is 0 Å². The predicted molar refractivity (Wildman–Crippen MR) is 75.5 cm³/mol. The van der Waals surface area contributed by atoms with E-state index in [2.05, 4.69) is 14.9 Å². The van der Waals surface area contributed by atoms with Crippen molar-refractivity contribution in [3.05, 3.63) is 30.1 Å². The van der Waals surface area contributed by atoms with Gasteiger partial charge in [0.15, 0.2) is 4.34 Å². The molecule has 0 spiro atoms. The number of halogens is 1. The average Bonchev–Trinajstić information content (AvgIpc) is 2.83. The number of carboxylic acids is 1. The number of rotatable bonds is 6. The van der Waals surface area contributed by atoms with Crippen LogP contribution in [0.1, 0.15) is 0 Å². The SMILES string of the molecule is O=C(O)CSc1nnc(NS(=O)(=O)c2ccccc2F)s1. The number of anilines is 1. The molecule has 0 saturated carbocycles. The molecule has 0 saturated heterocycles. The van der Waals surface area contributed by atoms with Crippen LogP contribution in [0, 0.1) is 5.82 Å². The summed E-state index contributed by atoms with van der Waals surface area (Å²) in [5.74, 6) is -2.12. The van der Waals surface area contributed by atoms with Crippen LogP contribution in [0.15, 0.2) is 33.5 Å². The summed E-state index contributed by atoms with van der Waals surface area (Å²) in [6.45, 7) is 0. The zero-order valence-corrected chi connectivity index (χ0v) is 12.6. The van der Waals surface area contributed by atoms with Crippen molar-refractivity contribution in [2.24, 2.45) is 0 Å². The molecule has 2 N–H and O–H groups in total. The first-order valence-electron chi connectivity index (χ1n) is 5.34. The zero-order chi connectivity index (χ0) is 15.5. The Morgan fingerprint density at radius 3 is 2.76 bits per heavy atom. The van der Waals surface area contributed by atoms with Crippen LogP contribution in [0.3, 0.4) is 0 Å². The molecule has 0 radical (unpaired) electrons. The molecule has 1 heterocycles. The number of carboxylic acid groups (broad SMARTS) is 1. The standard InChI is InChI=1S/C10H8FN3O4S3/c11-6-3-1-2-4-7(6)21(17,18)14-9-12-13-10(20-9)19-5-8(15)16/h1-4H,5H2,(H,12,14)(H,15,16). The van der Waals surface area contributed by atoms with Gasteiger partial charge in [-0.3, -0.25) is 9.52 Å². The molecule has 0 unspecified atom stereocenters. The van der Waals surface area contributed by atoms with Crippen molar-refractivity contribution in [1.82, 2.24) is 10.2 Å². The fraction of sp³-hybridized carbons (Fsp3) is 0.100. The number of sulfonamides is 1. The second-order valence-electron chi connectivity index (χ2n) is 3.59. The topological polar surface area (TPSA) is 109 Å². The Bertz CT molecular complexity index is 762. The minimum absolute atomic E-state index is 0.0638. The van der Waals surface area contributed by atoms with Crippen molar-refractivity contribution in [2.75, 3.05) is 10.5 Å². The maximum absolute atomic E-state index is 13.5. The van der Waals surface area contributed by atoms with Crippen molar-refractivity contribution in [2.45, 2.75) is 9.24 Å². The molecule has 2 aromatic rings. The van der Waals surface area contributed by atoms with E-state index in [9.17, 15) is 17.6 Å². The summed E-state index contributed by atoms with van der Waals surface area (Å²) in [5, 5.41) is 15.7. The third-order valence-corrected chi connectivity index (χ3v) is 5.53. The Morgan fingerprint density at radius 1 is 1.38 bits per heavy atom. The molecular formula is C10H8FN3O4S3. The zero-order valence-electron chi connectivity index (χ0n) is 10.2. The van der Waals surface area contributed by atoms with Crippen LogP contribution >= 0.6 is 23.1 Å². The normalized spacial score (nSPS) is 11.3. The van der Waals surface area contributed by atoms with Crippen molar-refractivity contribution in [1.29, 1.82) is 0 Å². The number of aromatic nitrogens is 2. The highest BCUT2D eigenvalue weighted by Gasteiger charge is 2.20. The second kappa shape index (κ2) is 6.37. The lowest BCUT2D eigenvalue weighted by Crippen LogP contribution is -2.14. The van der Waals surface area contributed by atoms with Gasteiger partial charge >= 0.3 is 5.97 Å². The van der Waals surface area contributed by atoms with E-state index in [4.69, 9.17) is 5.11 Å². The van der Waals surface area contributed by atoms with E-state index >= 15 is 0 Å². The van der Waals surface area contributed by atoms with Crippen molar-refractivity contribution in [3.63, 3.8) is 0 Å². The van der Waals surface area contributed by atoms with Crippen LogP contribution in [0.4, 0.5) is 9.52 Å². The average molecular weight is 349 g/mol. The molecule has 1 aromatic carbocycles. The maximum Gasteiger partial charge on any atom is 0.313 e. The van der Waals surface area contributed by atoms with Crippen molar-refractivity contribution < 1.29 is 22.7 Å². The van der Waals surface area contributed by atoms with Gasteiger partial charge in [-0.25, -0.2) is 12.8 Å². The summed E-state index contributed by atoms with van der Waals surface area (Å²) in [5.41, 5.74) is 0. The van der Waals surface area contributed by atoms with Crippen molar-refractivity contribution in [3.8, 4) is 0 Å². The monoisotopic (exact) mass is 349 g/mol. The molecule has 21 heavy (non-hydrogen) atoms. The van der Waals surface area contributed by atoms with Gasteiger partial charge in [-0.2, -0.15) is 0 Å². The van der Waals surface area contributed by atoms with Gasteiger partial charge in [0.25, 0.3) is 10.0 Å². The highest BCUT2D eigenvalue weighted by Crippen LogP contribution is 2.27. The Hall–Kier alpha value is -1.72. The molecule has 0 aliphatic carbocycles. The molecule has 1 aromatic heterocycles. The summed E-state index contributed by atoms with van der Waals surface area (Å²) in [6.07, 6.45) is 0. The molecule has 0 amide bonds. The summed E-state index contributed by atoms with van der Waals surface area (Å²) < 4.78 is 39.8. The van der Waals surface area contributed by atoms with Crippen LogP contribution in [0.5, 0.6) is 0 Å². The first kappa shape index (κ1) is 15.7. The van der Waals surface area contributed by atoms with Crippen LogP contribution in [-0.4, -0.2) is 35.4 Å². The Kier molecular flexibility index (Phi) is 4.75. The molecule has 11 heteroatoms.